The lowest BCUT2D eigenvalue weighted by molar-refractivity contribution is 0.102. The van der Waals surface area contributed by atoms with Gasteiger partial charge in [0, 0.05) is 51.8 Å². The summed E-state index contributed by atoms with van der Waals surface area (Å²) in [6.45, 7) is 4.50. The van der Waals surface area contributed by atoms with Gasteiger partial charge in [-0.05, 0) is 28.8 Å². The van der Waals surface area contributed by atoms with Crippen LogP contribution in [0, 0.1) is 0 Å². The minimum absolute atomic E-state index is 0.185. The number of imidazole rings is 1. The minimum Gasteiger partial charge on any atom is -0.317 e. The van der Waals surface area contributed by atoms with E-state index in [1.807, 2.05) is 28.8 Å². The number of benzene rings is 3. The molecule has 1 aliphatic rings. The summed E-state index contributed by atoms with van der Waals surface area (Å²) in [5.74, 6) is 0.759. The van der Waals surface area contributed by atoms with Gasteiger partial charge >= 0.3 is 5.69 Å². The van der Waals surface area contributed by atoms with Gasteiger partial charge in [0.15, 0.2) is 11.2 Å². The third-order valence-electron chi connectivity index (χ3n) is 8.02. The normalized spacial score (nSPS) is 14.7. The van der Waals surface area contributed by atoms with Crippen LogP contribution in [0.3, 0.4) is 0 Å². The maximum Gasteiger partial charge on any atom is 0.332 e. The van der Waals surface area contributed by atoms with Crippen molar-refractivity contribution < 1.29 is 0 Å². The van der Waals surface area contributed by atoms with E-state index < -0.39 is 0 Å². The molecule has 0 bridgehead atoms. The van der Waals surface area contributed by atoms with Crippen LogP contribution in [0.2, 0.25) is 5.02 Å². The standard InChI is InChI=1S/C32H33ClN6O2/c1-35-30-29(31(40)36(2)32(35)41)39(21-23-10-9-15-26(33)20-23)27(34-30)22-37-16-18-38(19-17-37)28(24-11-5-3-6-12-24)25-13-7-4-8-14-25/h3-15,20,28H,16-19,21-22H2,1-2H3. The molecule has 0 unspecified atom stereocenters. The first-order valence-electron chi connectivity index (χ1n) is 13.9. The van der Waals surface area contributed by atoms with Crippen LogP contribution in [-0.2, 0) is 27.2 Å². The quantitative estimate of drug-likeness (QED) is 0.296. The van der Waals surface area contributed by atoms with Crippen LogP contribution in [0.25, 0.3) is 11.2 Å². The number of aromatic nitrogens is 4. The highest BCUT2D eigenvalue weighted by Gasteiger charge is 2.28. The highest BCUT2D eigenvalue weighted by molar-refractivity contribution is 6.30. The molecule has 1 aliphatic heterocycles. The predicted octanol–water partition coefficient (Wildman–Crippen LogP) is 4.04. The fraction of sp³-hybridized carbons (Fsp3) is 0.281. The molecule has 210 valence electrons. The Morgan fingerprint density at radius 1 is 0.780 bits per heavy atom. The number of hydrogen-bond acceptors (Lipinski definition) is 5. The van der Waals surface area contributed by atoms with E-state index in [9.17, 15) is 9.59 Å². The summed E-state index contributed by atoms with van der Waals surface area (Å²) in [5.41, 5.74) is 3.63. The fourth-order valence-corrected chi connectivity index (χ4v) is 6.08. The Labute approximate surface area is 243 Å². The fourth-order valence-electron chi connectivity index (χ4n) is 5.86. The van der Waals surface area contributed by atoms with Crippen molar-refractivity contribution in [2.45, 2.75) is 19.1 Å². The van der Waals surface area contributed by atoms with Crippen molar-refractivity contribution in [2.24, 2.45) is 14.1 Å². The maximum absolute atomic E-state index is 13.3. The third kappa shape index (κ3) is 5.38. The Morgan fingerprint density at radius 2 is 1.41 bits per heavy atom. The Hall–Kier alpha value is -3.98. The number of halogens is 1. The second kappa shape index (κ2) is 11.5. The van der Waals surface area contributed by atoms with E-state index in [2.05, 4.69) is 70.5 Å². The molecule has 3 aromatic carbocycles. The molecule has 41 heavy (non-hydrogen) atoms. The molecule has 0 radical (unpaired) electrons. The van der Waals surface area contributed by atoms with Gasteiger partial charge in [0.1, 0.15) is 5.82 Å². The van der Waals surface area contributed by atoms with Crippen LogP contribution < -0.4 is 11.2 Å². The molecule has 0 aliphatic carbocycles. The summed E-state index contributed by atoms with van der Waals surface area (Å²) in [7, 11) is 3.17. The highest BCUT2D eigenvalue weighted by Crippen LogP contribution is 2.30. The summed E-state index contributed by atoms with van der Waals surface area (Å²) >= 11 is 6.28. The summed E-state index contributed by atoms with van der Waals surface area (Å²) in [4.78, 5) is 35.8. The Kier molecular flexibility index (Phi) is 7.62. The van der Waals surface area contributed by atoms with E-state index in [0.717, 1.165) is 42.1 Å². The van der Waals surface area contributed by atoms with Gasteiger partial charge in [0.2, 0.25) is 0 Å². The Morgan fingerprint density at radius 3 is 2.02 bits per heavy atom. The molecule has 5 aromatic rings. The van der Waals surface area contributed by atoms with Gasteiger partial charge in [-0.3, -0.25) is 23.7 Å². The molecule has 0 N–H and O–H groups in total. The van der Waals surface area contributed by atoms with Crippen LogP contribution in [0.4, 0.5) is 0 Å². The molecule has 1 fully saturated rings. The lowest BCUT2D eigenvalue weighted by atomic mass is 9.96. The Balaban J connectivity index is 1.30. The molecular weight excluding hydrogens is 536 g/mol. The minimum atomic E-state index is -0.386. The molecule has 0 amide bonds. The van der Waals surface area contributed by atoms with Gasteiger partial charge in [-0.25, -0.2) is 9.78 Å². The highest BCUT2D eigenvalue weighted by atomic mass is 35.5. The van der Waals surface area contributed by atoms with Gasteiger partial charge in [-0.1, -0.05) is 84.4 Å². The van der Waals surface area contributed by atoms with E-state index in [4.69, 9.17) is 16.6 Å². The van der Waals surface area contributed by atoms with Gasteiger partial charge in [-0.2, -0.15) is 0 Å². The molecule has 0 saturated carbocycles. The van der Waals surface area contributed by atoms with Gasteiger partial charge in [-0.15, -0.1) is 0 Å². The van der Waals surface area contributed by atoms with E-state index in [0.29, 0.717) is 29.3 Å². The van der Waals surface area contributed by atoms with Crippen LogP contribution in [0.5, 0.6) is 0 Å². The SMILES string of the molecule is Cn1c(=O)c2c(nc(CN3CCN(C(c4ccccc4)c4ccccc4)CC3)n2Cc2cccc(Cl)c2)n(C)c1=O. The summed E-state index contributed by atoms with van der Waals surface area (Å²) in [5, 5.41) is 0.635. The van der Waals surface area contributed by atoms with Crippen LogP contribution >= 0.6 is 11.6 Å². The van der Waals surface area contributed by atoms with Crippen LogP contribution in [0.1, 0.15) is 28.6 Å². The van der Waals surface area contributed by atoms with Crippen molar-refractivity contribution >= 4 is 22.8 Å². The second-order valence-corrected chi connectivity index (χ2v) is 11.1. The molecule has 8 nitrogen and oxygen atoms in total. The van der Waals surface area contributed by atoms with Crippen LogP contribution in [-0.4, -0.2) is 54.7 Å². The number of aryl methyl sites for hydroxylation is 1. The molecule has 3 heterocycles. The number of piperazine rings is 1. The molecule has 1 saturated heterocycles. The number of nitrogens with zero attached hydrogens (tertiary/aromatic N) is 6. The number of rotatable bonds is 7. The lowest BCUT2D eigenvalue weighted by Gasteiger charge is -2.39. The molecular formula is C32H33ClN6O2. The second-order valence-electron chi connectivity index (χ2n) is 10.7. The zero-order chi connectivity index (χ0) is 28.5. The van der Waals surface area contributed by atoms with Crippen molar-refractivity contribution in [3.8, 4) is 0 Å². The van der Waals surface area contributed by atoms with Crippen molar-refractivity contribution in [1.29, 1.82) is 0 Å². The summed E-state index contributed by atoms with van der Waals surface area (Å²) in [6, 6.07) is 29.1. The largest absolute Gasteiger partial charge is 0.332 e. The molecule has 2 aromatic heterocycles. The van der Waals surface area contributed by atoms with E-state index in [-0.39, 0.29) is 17.3 Å². The maximum atomic E-state index is 13.3. The average molecular weight is 569 g/mol. The van der Waals surface area contributed by atoms with Gasteiger partial charge in [0.05, 0.1) is 12.6 Å². The van der Waals surface area contributed by atoms with E-state index in [1.54, 1.807) is 7.05 Å². The van der Waals surface area contributed by atoms with Crippen molar-refractivity contribution in [3.05, 3.63) is 133 Å². The van der Waals surface area contributed by atoms with E-state index >= 15 is 0 Å². The molecule has 9 heteroatoms. The lowest BCUT2D eigenvalue weighted by Crippen LogP contribution is -2.47. The smallest absolute Gasteiger partial charge is 0.317 e. The third-order valence-corrected chi connectivity index (χ3v) is 8.26. The van der Waals surface area contributed by atoms with Crippen molar-refractivity contribution in [3.63, 3.8) is 0 Å². The van der Waals surface area contributed by atoms with Gasteiger partial charge in [0.25, 0.3) is 5.56 Å². The average Bonchev–Trinajstić information content (AvgIpc) is 3.34. The monoisotopic (exact) mass is 568 g/mol. The molecule has 6 rings (SSSR count). The molecule has 0 atom stereocenters. The van der Waals surface area contributed by atoms with Crippen molar-refractivity contribution in [2.75, 3.05) is 26.2 Å². The summed E-state index contributed by atoms with van der Waals surface area (Å²) < 4.78 is 4.55. The summed E-state index contributed by atoms with van der Waals surface area (Å²) in [6.07, 6.45) is 0. The first kappa shape index (κ1) is 27.2. The number of hydrogen-bond donors (Lipinski definition) is 0. The molecule has 0 spiro atoms. The zero-order valence-electron chi connectivity index (χ0n) is 23.3. The number of fused-ring (bicyclic) bond motifs is 1. The zero-order valence-corrected chi connectivity index (χ0v) is 24.0. The predicted molar refractivity (Wildman–Crippen MR) is 162 cm³/mol. The Bertz CT molecular complexity index is 1750. The topological polar surface area (TPSA) is 68.3 Å². The van der Waals surface area contributed by atoms with Crippen molar-refractivity contribution in [1.82, 2.24) is 28.5 Å². The van der Waals surface area contributed by atoms with Gasteiger partial charge < -0.3 is 4.57 Å². The van der Waals surface area contributed by atoms with E-state index in [1.165, 1.54) is 22.7 Å². The first-order valence-corrected chi connectivity index (χ1v) is 14.2. The first-order chi connectivity index (χ1) is 19.9. The van der Waals surface area contributed by atoms with Crippen LogP contribution in [0.15, 0.2) is 94.5 Å².